The van der Waals surface area contributed by atoms with Gasteiger partial charge in [-0.2, -0.15) is 0 Å². The molecular formula is C23H23N3O3. The molecule has 2 aliphatic rings. The summed E-state index contributed by atoms with van der Waals surface area (Å²) in [6, 6.07) is 8.50. The second-order valence-corrected chi connectivity index (χ2v) is 8.00. The maximum absolute atomic E-state index is 13.1. The van der Waals surface area contributed by atoms with Crippen molar-refractivity contribution >= 4 is 22.9 Å². The molecule has 0 radical (unpaired) electrons. The molecule has 0 atom stereocenters. The zero-order valence-corrected chi connectivity index (χ0v) is 16.5. The molecule has 0 bridgehead atoms. The largest absolute Gasteiger partial charge is 0.423 e. The van der Waals surface area contributed by atoms with E-state index in [4.69, 9.17) is 14.7 Å². The number of aryl methyl sites for hydroxylation is 2. The molecule has 3 aromatic rings. The predicted molar refractivity (Wildman–Crippen MR) is 108 cm³/mol. The first-order valence-corrected chi connectivity index (χ1v) is 10.3. The molecule has 148 valence electrons. The van der Waals surface area contributed by atoms with Crippen molar-refractivity contribution < 1.29 is 14.3 Å². The minimum atomic E-state index is -0.428. The van der Waals surface area contributed by atoms with Gasteiger partial charge in [0, 0.05) is 30.1 Å². The van der Waals surface area contributed by atoms with E-state index in [0.717, 1.165) is 55.8 Å². The molecule has 5 rings (SSSR count). The Labute approximate surface area is 168 Å². The lowest BCUT2D eigenvalue weighted by Crippen LogP contribution is -2.11. The van der Waals surface area contributed by atoms with Crippen LogP contribution in [0.15, 0.2) is 30.3 Å². The Bertz CT molecular complexity index is 1110. The Balaban J connectivity index is 1.54. The van der Waals surface area contributed by atoms with Crippen LogP contribution in [-0.2, 0) is 13.0 Å². The highest BCUT2D eigenvalue weighted by molar-refractivity contribution is 6.02. The fourth-order valence-corrected chi connectivity index (χ4v) is 3.97. The number of Topliss-reactive ketones (excluding diaryl/α,β-unsaturated/α-hetero) is 1. The van der Waals surface area contributed by atoms with Crippen LogP contribution in [0, 0.1) is 0 Å². The van der Waals surface area contributed by atoms with E-state index in [2.05, 4.69) is 4.57 Å². The average molecular weight is 389 g/mol. The Kier molecular flexibility index (Phi) is 4.42. The molecule has 1 saturated carbocycles. The molecule has 29 heavy (non-hydrogen) atoms. The molecule has 3 heterocycles. The third kappa shape index (κ3) is 3.43. The second-order valence-electron chi connectivity index (χ2n) is 8.00. The van der Waals surface area contributed by atoms with Gasteiger partial charge in [0.25, 0.3) is 0 Å². The van der Waals surface area contributed by atoms with Crippen LogP contribution in [0.2, 0.25) is 0 Å². The summed E-state index contributed by atoms with van der Waals surface area (Å²) in [5, 5.41) is 0. The van der Waals surface area contributed by atoms with Gasteiger partial charge in [-0.15, -0.1) is 0 Å². The molecule has 0 N–H and O–H groups in total. The fourth-order valence-electron chi connectivity index (χ4n) is 3.97. The molecule has 6 nitrogen and oxygen atoms in total. The van der Waals surface area contributed by atoms with Crippen LogP contribution in [0.25, 0.3) is 11.2 Å². The van der Waals surface area contributed by atoms with Gasteiger partial charge < -0.3 is 9.30 Å². The lowest BCUT2D eigenvalue weighted by molar-refractivity contribution is 0.0736. The maximum Gasteiger partial charge on any atom is 0.345 e. The highest BCUT2D eigenvalue weighted by Crippen LogP contribution is 2.40. The zero-order chi connectivity index (χ0) is 20.0. The van der Waals surface area contributed by atoms with Crippen LogP contribution < -0.4 is 4.74 Å². The van der Waals surface area contributed by atoms with E-state index >= 15 is 0 Å². The number of imidazole rings is 1. The summed E-state index contributed by atoms with van der Waals surface area (Å²) in [6.45, 7) is 2.41. The van der Waals surface area contributed by atoms with Crippen molar-refractivity contribution in [1.29, 1.82) is 0 Å². The number of ketones is 1. The molecule has 1 aliphatic heterocycles. The van der Waals surface area contributed by atoms with Gasteiger partial charge in [0.2, 0.25) is 0 Å². The Morgan fingerprint density at radius 3 is 2.59 bits per heavy atom. The van der Waals surface area contributed by atoms with E-state index in [1.807, 2.05) is 6.07 Å². The van der Waals surface area contributed by atoms with Gasteiger partial charge in [-0.05, 0) is 62.9 Å². The first kappa shape index (κ1) is 18.0. The molecule has 0 spiro atoms. The summed E-state index contributed by atoms with van der Waals surface area (Å²) >= 11 is 0. The van der Waals surface area contributed by atoms with E-state index in [9.17, 15) is 9.59 Å². The molecule has 0 saturated heterocycles. The minimum absolute atomic E-state index is 0.0210. The van der Waals surface area contributed by atoms with Gasteiger partial charge in [0.1, 0.15) is 17.1 Å². The number of carbonyl (C=O) groups is 2. The highest BCUT2D eigenvalue weighted by Gasteiger charge is 2.29. The van der Waals surface area contributed by atoms with E-state index in [1.54, 1.807) is 24.3 Å². The van der Waals surface area contributed by atoms with Crippen molar-refractivity contribution in [2.24, 2.45) is 0 Å². The number of pyridine rings is 1. The van der Waals surface area contributed by atoms with E-state index in [1.165, 1.54) is 13.3 Å². The minimum Gasteiger partial charge on any atom is -0.423 e. The van der Waals surface area contributed by atoms with Crippen LogP contribution in [0.4, 0.5) is 0 Å². The van der Waals surface area contributed by atoms with Gasteiger partial charge in [0.15, 0.2) is 11.4 Å². The first-order chi connectivity index (χ1) is 14.1. The predicted octanol–water partition coefficient (Wildman–Crippen LogP) is 4.46. The fraction of sp³-hybridized carbons (Fsp3) is 0.391. The molecule has 1 aliphatic carbocycles. The number of hydrogen-bond donors (Lipinski definition) is 0. The number of hydrogen-bond acceptors (Lipinski definition) is 5. The van der Waals surface area contributed by atoms with Crippen molar-refractivity contribution in [3.63, 3.8) is 0 Å². The van der Waals surface area contributed by atoms with E-state index < -0.39 is 5.97 Å². The lowest BCUT2D eigenvalue weighted by atomic mass is 10.1. The Morgan fingerprint density at radius 1 is 1.07 bits per heavy atom. The van der Waals surface area contributed by atoms with Gasteiger partial charge in [0.05, 0.1) is 5.56 Å². The Morgan fingerprint density at radius 2 is 1.86 bits per heavy atom. The molecule has 2 aromatic heterocycles. The third-order valence-electron chi connectivity index (χ3n) is 5.77. The molecule has 1 fully saturated rings. The number of ether oxygens (including phenoxy) is 1. The van der Waals surface area contributed by atoms with Crippen LogP contribution >= 0.6 is 0 Å². The van der Waals surface area contributed by atoms with Crippen molar-refractivity contribution in [3.8, 4) is 5.75 Å². The topological polar surface area (TPSA) is 74.1 Å². The lowest BCUT2D eigenvalue weighted by Gasteiger charge is -2.09. The van der Waals surface area contributed by atoms with Gasteiger partial charge >= 0.3 is 5.97 Å². The molecule has 6 heteroatoms. The molecule has 0 amide bonds. The number of rotatable bonds is 4. The normalized spacial score (nSPS) is 16.3. The zero-order valence-electron chi connectivity index (χ0n) is 16.5. The number of nitrogens with zero attached hydrogens (tertiary/aromatic N) is 3. The van der Waals surface area contributed by atoms with Crippen LogP contribution in [0.1, 0.15) is 77.2 Å². The SMILES string of the molecule is CC(=O)c1ccc(OC(=O)c2cc(C3CC3)nc3c2nc2n3CCCCC2)cc1. The van der Waals surface area contributed by atoms with Crippen LogP contribution in [0.5, 0.6) is 5.75 Å². The van der Waals surface area contributed by atoms with Crippen LogP contribution in [0.3, 0.4) is 0 Å². The summed E-state index contributed by atoms with van der Waals surface area (Å²) in [7, 11) is 0. The summed E-state index contributed by atoms with van der Waals surface area (Å²) in [5.41, 5.74) is 3.48. The molecular weight excluding hydrogens is 366 g/mol. The maximum atomic E-state index is 13.1. The van der Waals surface area contributed by atoms with Crippen molar-refractivity contribution in [2.45, 2.75) is 57.9 Å². The van der Waals surface area contributed by atoms with Crippen LogP contribution in [-0.4, -0.2) is 26.3 Å². The van der Waals surface area contributed by atoms with E-state index in [0.29, 0.717) is 28.3 Å². The number of esters is 1. The summed E-state index contributed by atoms with van der Waals surface area (Å²) in [5.74, 6) is 1.41. The first-order valence-electron chi connectivity index (χ1n) is 10.3. The number of benzene rings is 1. The number of aromatic nitrogens is 3. The number of carbonyl (C=O) groups excluding carboxylic acids is 2. The summed E-state index contributed by atoms with van der Waals surface area (Å²) in [4.78, 5) is 34.2. The quantitative estimate of drug-likeness (QED) is 0.374. The smallest absolute Gasteiger partial charge is 0.345 e. The van der Waals surface area contributed by atoms with E-state index in [-0.39, 0.29) is 5.78 Å². The summed E-state index contributed by atoms with van der Waals surface area (Å²) < 4.78 is 7.82. The van der Waals surface area contributed by atoms with Crippen molar-refractivity contribution in [2.75, 3.05) is 0 Å². The third-order valence-corrected chi connectivity index (χ3v) is 5.77. The van der Waals surface area contributed by atoms with Gasteiger partial charge in [-0.1, -0.05) is 6.42 Å². The Hall–Kier alpha value is -3.02. The average Bonchev–Trinajstić information content (AvgIpc) is 3.53. The highest BCUT2D eigenvalue weighted by atomic mass is 16.5. The standard InChI is InChI=1S/C23H23N3O3/c1-14(27)15-8-10-17(11-9-15)29-23(28)18-13-19(16-6-7-16)24-22-21(18)25-20-5-3-2-4-12-26(20)22/h8-11,13,16H,2-7,12H2,1H3. The van der Waals surface area contributed by atoms with Crippen molar-refractivity contribution in [1.82, 2.24) is 14.5 Å². The van der Waals surface area contributed by atoms with Gasteiger partial charge in [-0.3, -0.25) is 4.79 Å². The summed E-state index contributed by atoms with van der Waals surface area (Å²) in [6.07, 6.45) is 6.55. The number of fused-ring (bicyclic) bond motifs is 3. The van der Waals surface area contributed by atoms with Crippen molar-refractivity contribution in [3.05, 3.63) is 53.0 Å². The second kappa shape index (κ2) is 7.10. The van der Waals surface area contributed by atoms with Gasteiger partial charge in [-0.25, -0.2) is 14.8 Å². The molecule has 1 aromatic carbocycles. The molecule has 0 unspecified atom stereocenters. The monoisotopic (exact) mass is 389 g/mol.